The standard InChI is InChI=1S/C20H21ClN4/c1-20(22,17-8-4-6-14-5-2-3-7-16(14)17)15-9-10-25(12-15)19-11-18(21)23-13-24-19/h2-8,11,13,15H,9-10,12,22H2,1H3/t15?,20-/m1/s1. The van der Waals surface area contributed by atoms with Crippen LogP contribution in [0, 0.1) is 5.92 Å². The van der Waals surface area contributed by atoms with E-state index in [2.05, 4.69) is 64.3 Å². The second kappa shape index (κ2) is 6.28. The molecule has 0 amide bonds. The summed E-state index contributed by atoms with van der Waals surface area (Å²) >= 11 is 6.01. The van der Waals surface area contributed by atoms with Crippen molar-refractivity contribution in [3.8, 4) is 0 Å². The number of nitrogens with two attached hydrogens (primary N) is 1. The Kier molecular flexibility index (Phi) is 4.10. The summed E-state index contributed by atoms with van der Waals surface area (Å²) in [5.41, 5.74) is 7.69. The van der Waals surface area contributed by atoms with Crippen molar-refractivity contribution in [3.63, 3.8) is 0 Å². The van der Waals surface area contributed by atoms with Crippen LogP contribution in [0.1, 0.15) is 18.9 Å². The molecule has 4 rings (SSSR count). The third kappa shape index (κ3) is 2.96. The van der Waals surface area contributed by atoms with Crippen LogP contribution >= 0.6 is 11.6 Å². The van der Waals surface area contributed by atoms with Gasteiger partial charge in [0, 0.05) is 30.6 Å². The topological polar surface area (TPSA) is 55.0 Å². The molecule has 1 aromatic heterocycles. The van der Waals surface area contributed by atoms with Gasteiger partial charge in [0.15, 0.2) is 0 Å². The molecule has 0 saturated carbocycles. The largest absolute Gasteiger partial charge is 0.356 e. The molecule has 2 heterocycles. The molecule has 0 spiro atoms. The minimum Gasteiger partial charge on any atom is -0.356 e. The van der Waals surface area contributed by atoms with Crippen LogP contribution in [0.3, 0.4) is 0 Å². The SMILES string of the molecule is C[C@](N)(c1cccc2ccccc12)C1CCN(c2cc(Cl)ncn2)C1. The number of aromatic nitrogens is 2. The van der Waals surface area contributed by atoms with Gasteiger partial charge in [0.25, 0.3) is 0 Å². The molecule has 1 fully saturated rings. The minimum absolute atomic E-state index is 0.340. The van der Waals surface area contributed by atoms with E-state index in [9.17, 15) is 0 Å². The number of hydrogen-bond acceptors (Lipinski definition) is 4. The predicted molar refractivity (Wildman–Crippen MR) is 103 cm³/mol. The smallest absolute Gasteiger partial charge is 0.134 e. The van der Waals surface area contributed by atoms with Crippen LogP contribution in [0.2, 0.25) is 5.15 Å². The Labute approximate surface area is 152 Å². The van der Waals surface area contributed by atoms with E-state index in [0.717, 1.165) is 25.3 Å². The normalized spacial score (nSPS) is 20.0. The van der Waals surface area contributed by atoms with Crippen LogP contribution in [-0.4, -0.2) is 23.1 Å². The van der Waals surface area contributed by atoms with E-state index < -0.39 is 5.54 Å². The lowest BCUT2D eigenvalue weighted by molar-refractivity contribution is 0.329. The molecule has 128 valence electrons. The van der Waals surface area contributed by atoms with Crippen molar-refractivity contribution in [2.45, 2.75) is 18.9 Å². The molecule has 1 unspecified atom stereocenters. The van der Waals surface area contributed by atoms with Crippen molar-refractivity contribution in [2.75, 3.05) is 18.0 Å². The zero-order valence-electron chi connectivity index (χ0n) is 14.2. The van der Waals surface area contributed by atoms with Gasteiger partial charge < -0.3 is 10.6 Å². The molecule has 1 aliphatic heterocycles. The first kappa shape index (κ1) is 16.3. The molecule has 1 saturated heterocycles. The summed E-state index contributed by atoms with van der Waals surface area (Å²) in [4.78, 5) is 10.6. The Bertz CT molecular complexity index is 904. The molecule has 25 heavy (non-hydrogen) atoms. The summed E-state index contributed by atoms with van der Waals surface area (Å²) < 4.78 is 0. The maximum Gasteiger partial charge on any atom is 0.134 e. The van der Waals surface area contributed by atoms with Crippen LogP contribution < -0.4 is 10.6 Å². The molecule has 4 nitrogen and oxygen atoms in total. The summed E-state index contributed by atoms with van der Waals surface area (Å²) in [5, 5.41) is 2.94. The Morgan fingerprint density at radius 2 is 1.96 bits per heavy atom. The van der Waals surface area contributed by atoms with Gasteiger partial charge in [-0.1, -0.05) is 54.1 Å². The fraction of sp³-hybridized carbons (Fsp3) is 0.300. The van der Waals surface area contributed by atoms with Crippen molar-refractivity contribution in [1.29, 1.82) is 0 Å². The monoisotopic (exact) mass is 352 g/mol. The Hall–Kier alpha value is -2.17. The number of benzene rings is 2. The fourth-order valence-electron chi connectivity index (χ4n) is 3.87. The van der Waals surface area contributed by atoms with E-state index in [-0.39, 0.29) is 0 Å². The predicted octanol–water partition coefficient (Wildman–Crippen LogP) is 3.98. The summed E-state index contributed by atoms with van der Waals surface area (Å²) in [5.74, 6) is 1.21. The first-order valence-corrected chi connectivity index (χ1v) is 8.93. The minimum atomic E-state index is -0.410. The van der Waals surface area contributed by atoms with Gasteiger partial charge in [0.2, 0.25) is 0 Å². The van der Waals surface area contributed by atoms with Crippen LogP contribution in [0.5, 0.6) is 0 Å². The lowest BCUT2D eigenvalue weighted by atomic mass is 9.78. The zero-order chi connectivity index (χ0) is 17.4. The van der Waals surface area contributed by atoms with Gasteiger partial charge >= 0.3 is 0 Å². The highest BCUT2D eigenvalue weighted by atomic mass is 35.5. The third-order valence-electron chi connectivity index (χ3n) is 5.35. The third-order valence-corrected chi connectivity index (χ3v) is 5.56. The first-order chi connectivity index (χ1) is 12.1. The van der Waals surface area contributed by atoms with E-state index >= 15 is 0 Å². The summed E-state index contributed by atoms with van der Waals surface area (Å²) in [6.45, 7) is 3.94. The average Bonchev–Trinajstić information content (AvgIpc) is 3.12. The van der Waals surface area contributed by atoms with Crippen molar-refractivity contribution < 1.29 is 0 Å². The second-order valence-corrected chi connectivity index (χ2v) is 7.33. The van der Waals surface area contributed by atoms with Gasteiger partial charge in [-0.05, 0) is 29.7 Å². The average molecular weight is 353 g/mol. The van der Waals surface area contributed by atoms with E-state index in [4.69, 9.17) is 17.3 Å². The maximum absolute atomic E-state index is 6.89. The molecule has 2 atom stereocenters. The number of rotatable bonds is 3. The molecular weight excluding hydrogens is 332 g/mol. The molecule has 2 N–H and O–H groups in total. The molecular formula is C20H21ClN4. The zero-order valence-corrected chi connectivity index (χ0v) is 14.9. The molecule has 2 aromatic carbocycles. The van der Waals surface area contributed by atoms with Gasteiger partial charge in [-0.15, -0.1) is 0 Å². The van der Waals surface area contributed by atoms with Gasteiger partial charge in [-0.25, -0.2) is 9.97 Å². The quantitative estimate of drug-likeness (QED) is 0.724. The highest BCUT2D eigenvalue weighted by molar-refractivity contribution is 6.29. The van der Waals surface area contributed by atoms with Crippen molar-refractivity contribution in [2.24, 2.45) is 11.7 Å². The summed E-state index contributed by atoms with van der Waals surface area (Å²) in [7, 11) is 0. The van der Waals surface area contributed by atoms with E-state index in [0.29, 0.717) is 11.1 Å². The number of nitrogens with zero attached hydrogens (tertiary/aromatic N) is 3. The van der Waals surface area contributed by atoms with E-state index in [1.54, 1.807) is 0 Å². The number of hydrogen-bond donors (Lipinski definition) is 1. The second-order valence-electron chi connectivity index (χ2n) is 6.94. The van der Waals surface area contributed by atoms with E-state index in [1.807, 2.05) is 6.07 Å². The molecule has 0 aliphatic carbocycles. The van der Waals surface area contributed by atoms with Gasteiger partial charge in [-0.3, -0.25) is 0 Å². The van der Waals surface area contributed by atoms with Crippen molar-refractivity contribution in [3.05, 3.63) is 65.6 Å². The molecule has 5 heteroatoms. The first-order valence-electron chi connectivity index (χ1n) is 8.55. The highest BCUT2D eigenvalue weighted by Crippen LogP contribution is 2.38. The molecule has 3 aromatic rings. The van der Waals surface area contributed by atoms with Crippen LogP contribution in [0.15, 0.2) is 54.9 Å². The highest BCUT2D eigenvalue weighted by Gasteiger charge is 2.38. The number of halogens is 1. The Morgan fingerprint density at radius 1 is 1.16 bits per heavy atom. The number of anilines is 1. The van der Waals surface area contributed by atoms with Crippen LogP contribution in [0.4, 0.5) is 5.82 Å². The molecule has 0 bridgehead atoms. The lowest BCUT2D eigenvalue weighted by Crippen LogP contribution is -2.42. The number of fused-ring (bicyclic) bond motifs is 1. The van der Waals surface area contributed by atoms with E-state index in [1.165, 1.54) is 22.7 Å². The van der Waals surface area contributed by atoms with Crippen molar-refractivity contribution in [1.82, 2.24) is 9.97 Å². The Balaban J connectivity index is 1.65. The molecule has 1 aliphatic rings. The molecule has 0 radical (unpaired) electrons. The maximum atomic E-state index is 6.89. The summed E-state index contributed by atoms with van der Waals surface area (Å²) in [6.07, 6.45) is 2.54. The summed E-state index contributed by atoms with van der Waals surface area (Å²) in [6, 6.07) is 16.6. The van der Waals surface area contributed by atoms with Crippen LogP contribution in [-0.2, 0) is 5.54 Å². The van der Waals surface area contributed by atoms with Crippen molar-refractivity contribution >= 4 is 28.2 Å². The fourth-order valence-corrected chi connectivity index (χ4v) is 4.01. The van der Waals surface area contributed by atoms with Gasteiger partial charge in [0.1, 0.15) is 17.3 Å². The lowest BCUT2D eigenvalue weighted by Gasteiger charge is -2.33. The Morgan fingerprint density at radius 3 is 2.80 bits per heavy atom. The van der Waals surface area contributed by atoms with Crippen LogP contribution in [0.25, 0.3) is 10.8 Å². The van der Waals surface area contributed by atoms with Gasteiger partial charge in [-0.2, -0.15) is 0 Å². The van der Waals surface area contributed by atoms with Gasteiger partial charge in [0.05, 0.1) is 0 Å².